The van der Waals surface area contributed by atoms with Crippen LogP contribution >= 0.6 is 0 Å². The molecule has 32 heavy (non-hydrogen) atoms. The van der Waals surface area contributed by atoms with Crippen molar-refractivity contribution in [2.45, 2.75) is 62.6 Å². The van der Waals surface area contributed by atoms with Gasteiger partial charge in [-0.15, -0.1) is 0 Å². The molecule has 4 bridgehead atoms. The van der Waals surface area contributed by atoms with Crippen LogP contribution in [0.15, 0.2) is 24.3 Å². The van der Waals surface area contributed by atoms with E-state index >= 15 is 0 Å². The minimum absolute atomic E-state index is 0.114. The Balaban J connectivity index is 1.02. The maximum Gasteiger partial charge on any atom is 0.254 e. The summed E-state index contributed by atoms with van der Waals surface area (Å²) >= 11 is 0. The second-order valence-corrected chi connectivity index (χ2v) is 11.1. The zero-order valence-corrected chi connectivity index (χ0v) is 19.0. The normalized spacial score (nSPS) is 37.2. The van der Waals surface area contributed by atoms with Gasteiger partial charge >= 0.3 is 0 Å². The third-order valence-corrected chi connectivity index (χ3v) is 8.94. The smallest absolute Gasteiger partial charge is 0.254 e. The Morgan fingerprint density at radius 1 is 0.969 bits per heavy atom. The fraction of sp³-hybridized carbons (Fsp3) is 0.731. The van der Waals surface area contributed by atoms with Crippen LogP contribution in [0.4, 0.5) is 5.69 Å². The summed E-state index contributed by atoms with van der Waals surface area (Å²) in [6, 6.07) is 9.40. The first-order valence-corrected chi connectivity index (χ1v) is 12.8. The molecule has 6 nitrogen and oxygen atoms in total. The number of hydrogen-bond donors (Lipinski definition) is 2. The van der Waals surface area contributed by atoms with Gasteiger partial charge in [-0.2, -0.15) is 0 Å². The van der Waals surface area contributed by atoms with E-state index in [4.69, 9.17) is 4.74 Å². The molecule has 0 spiro atoms. The second kappa shape index (κ2) is 8.30. The van der Waals surface area contributed by atoms with Crippen LogP contribution in [0.5, 0.6) is 0 Å². The summed E-state index contributed by atoms with van der Waals surface area (Å²) in [5.74, 6) is 2.25. The highest BCUT2D eigenvalue weighted by Crippen LogP contribution is 2.55. The molecule has 2 N–H and O–H groups in total. The summed E-state index contributed by atoms with van der Waals surface area (Å²) < 4.78 is 5.36. The van der Waals surface area contributed by atoms with Gasteiger partial charge in [-0.1, -0.05) is 0 Å². The largest absolute Gasteiger partial charge is 0.390 e. The topological polar surface area (TPSA) is 65.0 Å². The molecule has 2 unspecified atom stereocenters. The molecule has 4 aliphatic carbocycles. The third kappa shape index (κ3) is 3.95. The van der Waals surface area contributed by atoms with Gasteiger partial charge in [-0.3, -0.25) is 4.79 Å². The Morgan fingerprint density at radius 3 is 2.25 bits per heavy atom. The number of ether oxygens (including phenoxy) is 1. The number of rotatable bonds is 4. The molecule has 0 aromatic heterocycles. The van der Waals surface area contributed by atoms with E-state index in [1.165, 1.54) is 18.5 Å². The number of benzene rings is 1. The van der Waals surface area contributed by atoms with Crippen LogP contribution in [-0.4, -0.2) is 73.0 Å². The molecule has 2 saturated heterocycles. The van der Waals surface area contributed by atoms with E-state index in [1.807, 2.05) is 17.0 Å². The first-order valence-electron chi connectivity index (χ1n) is 12.8. The van der Waals surface area contributed by atoms with Gasteiger partial charge in [0.25, 0.3) is 5.91 Å². The number of hydrogen-bond acceptors (Lipinski definition) is 5. The monoisotopic (exact) mass is 439 g/mol. The molecular weight excluding hydrogens is 402 g/mol. The standard InChI is InChI=1S/C26H37N3O3/c30-25(29-9-11-32-12-10-29)19-1-3-23(4-2-19)28-7-5-22(6-8-28)27-24-20-13-18-14-21(24)17-26(31,15-18)16-20/h1-4,18,20-22,24,27,31H,5-17H2. The van der Waals surface area contributed by atoms with Crippen LogP contribution in [0.25, 0.3) is 0 Å². The average molecular weight is 440 g/mol. The van der Waals surface area contributed by atoms with Crippen LogP contribution < -0.4 is 10.2 Å². The molecule has 1 amide bonds. The zero-order valence-electron chi connectivity index (χ0n) is 19.0. The van der Waals surface area contributed by atoms with Crippen molar-refractivity contribution in [2.75, 3.05) is 44.3 Å². The SMILES string of the molecule is O=C(c1ccc(N2CCC(NC3C4CC5CC3CC(O)(C5)C4)CC2)cc1)N1CCOCC1. The quantitative estimate of drug-likeness (QED) is 0.755. The number of nitrogens with zero attached hydrogens (tertiary/aromatic N) is 2. The summed E-state index contributed by atoms with van der Waals surface area (Å²) in [6.45, 7) is 4.76. The molecule has 2 atom stereocenters. The van der Waals surface area contributed by atoms with Gasteiger partial charge in [-0.25, -0.2) is 0 Å². The van der Waals surface area contributed by atoms with Crippen molar-refractivity contribution >= 4 is 11.6 Å². The molecular formula is C26H37N3O3. The lowest BCUT2D eigenvalue weighted by molar-refractivity contribution is -0.140. The van der Waals surface area contributed by atoms with Crippen molar-refractivity contribution in [2.24, 2.45) is 17.8 Å². The molecule has 174 valence electrons. The maximum absolute atomic E-state index is 12.7. The van der Waals surface area contributed by atoms with E-state index in [-0.39, 0.29) is 11.5 Å². The summed E-state index contributed by atoms with van der Waals surface area (Å²) in [5.41, 5.74) is 1.66. The van der Waals surface area contributed by atoms with Gasteiger partial charge in [0.05, 0.1) is 18.8 Å². The molecule has 6 heteroatoms. The number of piperidine rings is 1. The van der Waals surface area contributed by atoms with E-state index in [1.54, 1.807) is 0 Å². The zero-order chi connectivity index (χ0) is 21.7. The van der Waals surface area contributed by atoms with Crippen LogP contribution in [0.2, 0.25) is 0 Å². The molecule has 6 aliphatic rings. The molecule has 2 heterocycles. The minimum atomic E-state index is -0.340. The average Bonchev–Trinajstić information content (AvgIpc) is 2.81. The van der Waals surface area contributed by atoms with Crippen molar-refractivity contribution < 1.29 is 14.6 Å². The Kier molecular flexibility index (Phi) is 5.43. The number of nitrogens with one attached hydrogen (secondary N) is 1. The molecule has 1 aromatic carbocycles. The maximum atomic E-state index is 12.7. The van der Waals surface area contributed by atoms with E-state index in [0.717, 1.165) is 56.7 Å². The fourth-order valence-corrected chi connectivity index (χ4v) is 7.59. The third-order valence-electron chi connectivity index (χ3n) is 8.94. The predicted octanol–water partition coefficient (Wildman–Crippen LogP) is 2.66. The summed E-state index contributed by atoms with van der Waals surface area (Å²) in [6.07, 6.45) is 8.08. The highest BCUT2D eigenvalue weighted by Gasteiger charge is 2.54. The van der Waals surface area contributed by atoms with Crippen LogP contribution in [0, 0.1) is 17.8 Å². The van der Waals surface area contributed by atoms with Crippen molar-refractivity contribution in [3.8, 4) is 0 Å². The van der Waals surface area contributed by atoms with Crippen LogP contribution in [-0.2, 0) is 4.74 Å². The van der Waals surface area contributed by atoms with Crippen molar-refractivity contribution in [1.29, 1.82) is 0 Å². The molecule has 1 aromatic rings. The number of aliphatic hydroxyl groups is 1. The van der Waals surface area contributed by atoms with Crippen molar-refractivity contribution in [3.63, 3.8) is 0 Å². The lowest BCUT2D eigenvalue weighted by Crippen LogP contribution is -2.62. The predicted molar refractivity (Wildman–Crippen MR) is 124 cm³/mol. The molecule has 0 radical (unpaired) electrons. The Hall–Kier alpha value is -1.63. The summed E-state index contributed by atoms with van der Waals surface area (Å²) in [5, 5.41) is 14.9. The van der Waals surface area contributed by atoms with Gasteiger partial charge in [0, 0.05) is 49.5 Å². The molecule has 7 rings (SSSR count). The number of carbonyl (C=O) groups is 1. The van der Waals surface area contributed by atoms with Gasteiger partial charge in [0.2, 0.25) is 0 Å². The first-order chi connectivity index (χ1) is 15.6. The summed E-state index contributed by atoms with van der Waals surface area (Å²) in [4.78, 5) is 17.0. The fourth-order valence-electron chi connectivity index (χ4n) is 7.59. The van der Waals surface area contributed by atoms with E-state index in [2.05, 4.69) is 22.3 Å². The Morgan fingerprint density at radius 2 is 1.62 bits per heavy atom. The number of morpholine rings is 1. The Labute approximate surface area is 191 Å². The molecule has 4 saturated carbocycles. The first kappa shape index (κ1) is 20.9. The van der Waals surface area contributed by atoms with Crippen LogP contribution in [0.1, 0.15) is 55.3 Å². The number of amides is 1. The lowest BCUT2D eigenvalue weighted by atomic mass is 9.52. The van der Waals surface area contributed by atoms with Gasteiger partial charge in [-0.05, 0) is 87.0 Å². The second-order valence-electron chi connectivity index (χ2n) is 11.1. The molecule has 6 fully saturated rings. The van der Waals surface area contributed by atoms with Gasteiger partial charge in [0.1, 0.15) is 0 Å². The van der Waals surface area contributed by atoms with Crippen molar-refractivity contribution in [1.82, 2.24) is 10.2 Å². The van der Waals surface area contributed by atoms with E-state index in [9.17, 15) is 9.90 Å². The molecule has 2 aliphatic heterocycles. The van der Waals surface area contributed by atoms with Crippen molar-refractivity contribution in [3.05, 3.63) is 29.8 Å². The minimum Gasteiger partial charge on any atom is -0.390 e. The van der Waals surface area contributed by atoms with Crippen LogP contribution in [0.3, 0.4) is 0 Å². The number of anilines is 1. The number of carbonyl (C=O) groups excluding carboxylic acids is 1. The van der Waals surface area contributed by atoms with E-state index in [0.29, 0.717) is 50.2 Å². The highest BCUT2D eigenvalue weighted by atomic mass is 16.5. The van der Waals surface area contributed by atoms with Gasteiger partial charge < -0.3 is 25.0 Å². The summed E-state index contributed by atoms with van der Waals surface area (Å²) in [7, 11) is 0. The van der Waals surface area contributed by atoms with E-state index < -0.39 is 0 Å². The van der Waals surface area contributed by atoms with Gasteiger partial charge in [0.15, 0.2) is 0 Å². The Bertz CT molecular complexity index is 813. The highest BCUT2D eigenvalue weighted by molar-refractivity contribution is 5.94. The lowest BCUT2D eigenvalue weighted by Gasteiger charge is -2.59.